The summed E-state index contributed by atoms with van der Waals surface area (Å²) in [4.78, 5) is 10.9. The molecule has 0 spiro atoms. The molecule has 102 valence electrons. The SMILES string of the molecule is CC12CC3CC(C1)CC(c1nnc(C(=O)O)o1)(C3)C2. The van der Waals surface area contributed by atoms with Crippen LogP contribution in [-0.2, 0) is 5.41 Å². The molecule has 4 fully saturated rings. The lowest BCUT2D eigenvalue weighted by Crippen LogP contribution is -2.53. The van der Waals surface area contributed by atoms with Crippen LogP contribution in [0.15, 0.2) is 4.42 Å². The Hall–Kier alpha value is -1.39. The molecule has 5 rings (SSSR count). The van der Waals surface area contributed by atoms with E-state index in [0.29, 0.717) is 11.3 Å². The monoisotopic (exact) mass is 262 g/mol. The van der Waals surface area contributed by atoms with Crippen molar-refractivity contribution in [1.29, 1.82) is 0 Å². The van der Waals surface area contributed by atoms with Crippen LogP contribution in [0, 0.1) is 17.3 Å². The van der Waals surface area contributed by atoms with Crippen LogP contribution < -0.4 is 0 Å². The van der Waals surface area contributed by atoms with E-state index < -0.39 is 5.97 Å². The molecule has 1 aromatic heterocycles. The standard InChI is InChI=1S/C14H18N2O3/c1-13-3-8-2-9(4-13)6-14(5-8,7-13)12-16-15-10(19-12)11(17)18/h8-9H,2-7H2,1H3,(H,17,18). The summed E-state index contributed by atoms with van der Waals surface area (Å²) in [5, 5.41) is 16.7. The fourth-order valence-corrected chi connectivity index (χ4v) is 5.49. The number of carboxylic acid groups (broad SMARTS) is 1. The van der Waals surface area contributed by atoms with Gasteiger partial charge >= 0.3 is 11.9 Å². The Balaban J connectivity index is 1.75. The maximum atomic E-state index is 10.9. The van der Waals surface area contributed by atoms with Crippen molar-refractivity contribution >= 4 is 5.97 Å². The third-order valence-electron chi connectivity index (χ3n) is 5.42. The Kier molecular flexibility index (Phi) is 2.03. The maximum absolute atomic E-state index is 10.9. The third-order valence-corrected chi connectivity index (χ3v) is 5.42. The van der Waals surface area contributed by atoms with Crippen LogP contribution in [0.5, 0.6) is 0 Å². The van der Waals surface area contributed by atoms with E-state index in [9.17, 15) is 4.79 Å². The number of carbonyl (C=O) groups is 1. The van der Waals surface area contributed by atoms with E-state index >= 15 is 0 Å². The van der Waals surface area contributed by atoms with Crippen molar-refractivity contribution in [3.8, 4) is 0 Å². The molecule has 1 heterocycles. The first-order valence-electron chi connectivity index (χ1n) is 7.05. The van der Waals surface area contributed by atoms with Crippen molar-refractivity contribution in [3.05, 3.63) is 11.8 Å². The van der Waals surface area contributed by atoms with Crippen LogP contribution in [0.4, 0.5) is 0 Å². The smallest absolute Gasteiger partial charge is 0.393 e. The fraction of sp³-hybridized carbons (Fsp3) is 0.786. The van der Waals surface area contributed by atoms with E-state index in [2.05, 4.69) is 17.1 Å². The van der Waals surface area contributed by atoms with Gasteiger partial charge < -0.3 is 9.52 Å². The molecule has 4 saturated carbocycles. The molecule has 4 aliphatic rings. The molecule has 4 bridgehead atoms. The molecule has 1 aromatic rings. The minimum Gasteiger partial charge on any atom is -0.474 e. The minimum absolute atomic E-state index is 0.0421. The van der Waals surface area contributed by atoms with Crippen molar-refractivity contribution in [2.24, 2.45) is 17.3 Å². The van der Waals surface area contributed by atoms with Gasteiger partial charge in [0.05, 0.1) is 0 Å². The quantitative estimate of drug-likeness (QED) is 0.886. The Morgan fingerprint density at radius 2 is 1.95 bits per heavy atom. The molecule has 2 atom stereocenters. The molecule has 0 saturated heterocycles. The van der Waals surface area contributed by atoms with Gasteiger partial charge in [-0.1, -0.05) is 6.92 Å². The normalized spacial score (nSPS) is 43.6. The van der Waals surface area contributed by atoms with Crippen molar-refractivity contribution in [1.82, 2.24) is 10.2 Å². The molecule has 2 unspecified atom stereocenters. The van der Waals surface area contributed by atoms with Gasteiger partial charge in [-0.2, -0.15) is 0 Å². The number of aromatic carboxylic acids is 1. The van der Waals surface area contributed by atoms with E-state index in [0.717, 1.165) is 31.1 Å². The fourth-order valence-electron chi connectivity index (χ4n) is 5.49. The van der Waals surface area contributed by atoms with Crippen LogP contribution >= 0.6 is 0 Å². The summed E-state index contributed by atoms with van der Waals surface area (Å²) in [7, 11) is 0. The summed E-state index contributed by atoms with van der Waals surface area (Å²) in [6, 6.07) is 0. The first-order valence-corrected chi connectivity index (χ1v) is 7.05. The topological polar surface area (TPSA) is 76.2 Å². The molecular formula is C14H18N2O3. The lowest BCUT2D eigenvalue weighted by atomic mass is 9.44. The van der Waals surface area contributed by atoms with Crippen LogP contribution in [0.1, 0.15) is 62.0 Å². The summed E-state index contributed by atoms with van der Waals surface area (Å²) in [6.45, 7) is 2.37. The molecule has 0 amide bonds. The van der Waals surface area contributed by atoms with Crippen molar-refractivity contribution in [3.63, 3.8) is 0 Å². The summed E-state index contributed by atoms with van der Waals surface area (Å²) in [5.74, 6) is 0.689. The van der Waals surface area contributed by atoms with Crippen LogP contribution in [0.2, 0.25) is 0 Å². The Labute approximate surface area is 111 Å². The van der Waals surface area contributed by atoms with Crippen LogP contribution in [-0.4, -0.2) is 21.3 Å². The lowest BCUT2D eigenvalue weighted by molar-refractivity contribution is -0.0712. The third kappa shape index (κ3) is 1.56. The molecule has 5 nitrogen and oxygen atoms in total. The summed E-state index contributed by atoms with van der Waals surface area (Å²) >= 11 is 0. The number of hydrogen-bond acceptors (Lipinski definition) is 4. The zero-order valence-electron chi connectivity index (χ0n) is 11.1. The van der Waals surface area contributed by atoms with Crippen molar-refractivity contribution < 1.29 is 14.3 Å². The van der Waals surface area contributed by atoms with Crippen molar-refractivity contribution in [2.45, 2.75) is 50.9 Å². The van der Waals surface area contributed by atoms with Gasteiger partial charge in [0, 0.05) is 5.41 Å². The first-order chi connectivity index (χ1) is 8.98. The number of aromatic nitrogens is 2. The van der Waals surface area contributed by atoms with Gasteiger partial charge in [-0.3, -0.25) is 0 Å². The van der Waals surface area contributed by atoms with Gasteiger partial charge in [-0.15, -0.1) is 10.2 Å². The molecule has 0 aliphatic heterocycles. The van der Waals surface area contributed by atoms with Crippen LogP contribution in [0.25, 0.3) is 0 Å². The largest absolute Gasteiger partial charge is 0.474 e. The highest BCUT2D eigenvalue weighted by atomic mass is 16.4. The molecule has 19 heavy (non-hydrogen) atoms. The highest BCUT2D eigenvalue weighted by Crippen LogP contribution is 2.65. The Morgan fingerprint density at radius 3 is 2.47 bits per heavy atom. The molecule has 1 N–H and O–H groups in total. The highest BCUT2D eigenvalue weighted by molar-refractivity contribution is 5.81. The van der Waals surface area contributed by atoms with Gasteiger partial charge in [-0.25, -0.2) is 4.79 Å². The average Bonchev–Trinajstić information content (AvgIpc) is 2.74. The Morgan fingerprint density at radius 1 is 1.26 bits per heavy atom. The second-order valence-corrected chi connectivity index (χ2v) is 7.27. The van der Waals surface area contributed by atoms with E-state index in [4.69, 9.17) is 9.52 Å². The summed E-state index contributed by atoms with van der Waals surface area (Å²) < 4.78 is 5.45. The van der Waals surface area contributed by atoms with Gasteiger partial charge in [0.1, 0.15) is 0 Å². The minimum atomic E-state index is -1.13. The number of nitrogens with zero attached hydrogens (tertiary/aromatic N) is 2. The molecule has 5 heteroatoms. The summed E-state index contributed by atoms with van der Waals surface area (Å²) in [5.41, 5.74) is 0.349. The van der Waals surface area contributed by atoms with E-state index in [-0.39, 0.29) is 11.3 Å². The molecule has 0 aromatic carbocycles. The molecule has 0 radical (unpaired) electrons. The number of carboxylic acids is 1. The summed E-state index contributed by atoms with van der Waals surface area (Å²) in [6.07, 6.45) is 7.22. The Bertz CT molecular complexity index is 537. The number of rotatable bonds is 2. The molecular weight excluding hydrogens is 244 g/mol. The van der Waals surface area contributed by atoms with Crippen LogP contribution in [0.3, 0.4) is 0 Å². The second-order valence-electron chi connectivity index (χ2n) is 7.27. The van der Waals surface area contributed by atoms with Gasteiger partial charge in [-0.05, 0) is 55.8 Å². The van der Waals surface area contributed by atoms with Gasteiger partial charge in [0.15, 0.2) is 0 Å². The lowest BCUT2D eigenvalue weighted by Gasteiger charge is -2.59. The van der Waals surface area contributed by atoms with E-state index in [1.807, 2.05) is 0 Å². The molecule has 4 aliphatic carbocycles. The predicted molar refractivity (Wildman–Crippen MR) is 65.7 cm³/mol. The first kappa shape index (κ1) is 11.4. The number of hydrogen-bond donors (Lipinski definition) is 1. The zero-order chi connectivity index (χ0) is 13.3. The average molecular weight is 262 g/mol. The van der Waals surface area contributed by atoms with E-state index in [1.165, 1.54) is 19.3 Å². The maximum Gasteiger partial charge on any atom is 0.393 e. The zero-order valence-corrected chi connectivity index (χ0v) is 11.1. The van der Waals surface area contributed by atoms with Gasteiger partial charge in [0.25, 0.3) is 0 Å². The predicted octanol–water partition coefficient (Wildman–Crippen LogP) is 2.63. The highest BCUT2D eigenvalue weighted by Gasteiger charge is 2.58. The van der Waals surface area contributed by atoms with E-state index in [1.54, 1.807) is 0 Å². The second kappa shape index (κ2) is 3.38. The van der Waals surface area contributed by atoms with Gasteiger partial charge in [0.2, 0.25) is 5.89 Å². The van der Waals surface area contributed by atoms with Crippen molar-refractivity contribution in [2.75, 3.05) is 0 Å².